The predicted molar refractivity (Wildman–Crippen MR) is 136 cm³/mol. The van der Waals surface area contributed by atoms with Crippen LogP contribution in [0.25, 0.3) is 11.1 Å². The Balaban J connectivity index is 1.68. The lowest BCUT2D eigenvalue weighted by Crippen LogP contribution is -2.42. The first kappa shape index (κ1) is 24.2. The zero-order valence-electron chi connectivity index (χ0n) is 21.0. The van der Waals surface area contributed by atoms with Gasteiger partial charge >= 0.3 is 5.97 Å². The molecule has 1 aromatic carbocycles. The number of hydrogen-bond donors (Lipinski definition) is 1. The third-order valence-corrected chi connectivity index (χ3v) is 7.39. The molecule has 0 unspecified atom stereocenters. The highest BCUT2D eigenvalue weighted by Gasteiger charge is 2.35. The lowest BCUT2D eigenvalue weighted by molar-refractivity contribution is -0.119. The molecule has 1 amide bonds. The summed E-state index contributed by atoms with van der Waals surface area (Å²) < 4.78 is 0. The van der Waals surface area contributed by atoms with Gasteiger partial charge in [-0.2, -0.15) is 0 Å². The van der Waals surface area contributed by atoms with Crippen molar-refractivity contribution >= 4 is 23.4 Å². The summed E-state index contributed by atoms with van der Waals surface area (Å²) in [6, 6.07) is 6.38. The van der Waals surface area contributed by atoms with Crippen LogP contribution in [-0.4, -0.2) is 66.6 Å². The van der Waals surface area contributed by atoms with Gasteiger partial charge in [-0.1, -0.05) is 0 Å². The highest BCUT2D eigenvalue weighted by molar-refractivity contribution is 6.02. The van der Waals surface area contributed by atoms with Gasteiger partial charge in [-0.3, -0.25) is 4.79 Å². The fourth-order valence-electron chi connectivity index (χ4n) is 5.14. The molecular formula is C27H36N4O3. The first-order valence-corrected chi connectivity index (χ1v) is 12.3. The molecule has 0 bridgehead atoms. The molecule has 1 saturated carbocycles. The maximum atomic E-state index is 13.0. The summed E-state index contributed by atoms with van der Waals surface area (Å²) in [6.45, 7) is 8.19. The van der Waals surface area contributed by atoms with Crippen molar-refractivity contribution in [3.05, 3.63) is 41.1 Å². The molecule has 182 valence electrons. The van der Waals surface area contributed by atoms with E-state index in [1.807, 2.05) is 32.2 Å². The van der Waals surface area contributed by atoms with Crippen molar-refractivity contribution in [1.82, 2.24) is 9.88 Å². The summed E-state index contributed by atoms with van der Waals surface area (Å²) >= 11 is 0. The van der Waals surface area contributed by atoms with Crippen LogP contribution in [0.15, 0.2) is 24.4 Å². The monoisotopic (exact) mass is 464 g/mol. The summed E-state index contributed by atoms with van der Waals surface area (Å²) in [5.41, 5.74) is 4.18. The average Bonchev–Trinajstić information content (AvgIpc) is 3.67. The van der Waals surface area contributed by atoms with Crippen LogP contribution in [0.5, 0.6) is 0 Å². The van der Waals surface area contributed by atoms with E-state index in [0.29, 0.717) is 18.2 Å². The lowest BCUT2D eigenvalue weighted by Gasteiger charge is -2.35. The number of pyridine rings is 1. The number of carbonyl (C=O) groups is 2. The van der Waals surface area contributed by atoms with Gasteiger partial charge < -0.3 is 19.8 Å². The summed E-state index contributed by atoms with van der Waals surface area (Å²) in [4.78, 5) is 36.2. The normalized spacial score (nSPS) is 16.7. The minimum Gasteiger partial charge on any atom is -0.478 e. The van der Waals surface area contributed by atoms with Gasteiger partial charge in [0.15, 0.2) is 0 Å². The van der Waals surface area contributed by atoms with Gasteiger partial charge in [0, 0.05) is 43.4 Å². The number of benzene rings is 1. The largest absolute Gasteiger partial charge is 0.478 e. The summed E-state index contributed by atoms with van der Waals surface area (Å²) in [5.74, 6) is 0.122. The first-order chi connectivity index (χ1) is 16.2. The van der Waals surface area contributed by atoms with Crippen molar-refractivity contribution < 1.29 is 14.7 Å². The molecule has 1 aromatic heterocycles. The molecule has 1 N–H and O–H groups in total. The molecule has 7 heteroatoms. The SMILES string of the molecule is CCN(C(=O)C1CC1)c1c(C)c(C(=O)O)cc(-c2ccc(N3CCC(N(C)C)CC3)nc2)c1C. The molecule has 1 aliphatic carbocycles. The topological polar surface area (TPSA) is 77.0 Å². The van der Waals surface area contributed by atoms with Crippen LogP contribution < -0.4 is 9.80 Å². The minimum atomic E-state index is -0.983. The van der Waals surface area contributed by atoms with E-state index >= 15 is 0 Å². The fraction of sp³-hybridized carbons (Fsp3) is 0.519. The Morgan fingerprint density at radius 1 is 1.09 bits per heavy atom. The highest BCUT2D eigenvalue weighted by Crippen LogP contribution is 2.39. The molecule has 2 heterocycles. The standard InChI is InChI=1S/C27H36N4O3/c1-6-31(26(32)19-7-8-19)25-17(2)22(15-23(18(25)3)27(33)34)20-9-10-24(28-16-20)30-13-11-21(12-14-30)29(4)5/h9-10,15-16,19,21H,6-8,11-14H2,1-5H3,(H,33,34). The van der Waals surface area contributed by atoms with Crippen LogP contribution in [0.2, 0.25) is 0 Å². The van der Waals surface area contributed by atoms with E-state index < -0.39 is 5.97 Å². The quantitative estimate of drug-likeness (QED) is 0.656. The number of carboxylic acids is 1. The molecule has 34 heavy (non-hydrogen) atoms. The van der Waals surface area contributed by atoms with Gasteiger partial charge in [0.1, 0.15) is 5.82 Å². The molecule has 0 radical (unpaired) electrons. The molecule has 7 nitrogen and oxygen atoms in total. The van der Waals surface area contributed by atoms with Gasteiger partial charge in [-0.25, -0.2) is 9.78 Å². The molecule has 2 aromatic rings. The number of anilines is 2. The van der Waals surface area contributed by atoms with Crippen molar-refractivity contribution in [2.24, 2.45) is 5.92 Å². The van der Waals surface area contributed by atoms with Crippen LogP contribution >= 0.6 is 0 Å². The Morgan fingerprint density at radius 2 is 1.76 bits per heavy atom. The van der Waals surface area contributed by atoms with Crippen molar-refractivity contribution in [3.8, 4) is 11.1 Å². The number of rotatable bonds is 7. The summed E-state index contributed by atoms with van der Waals surface area (Å²) in [7, 11) is 4.27. The molecule has 0 spiro atoms. The van der Waals surface area contributed by atoms with Crippen molar-refractivity contribution in [1.29, 1.82) is 0 Å². The van der Waals surface area contributed by atoms with E-state index in [1.165, 1.54) is 0 Å². The number of hydrogen-bond acceptors (Lipinski definition) is 5. The zero-order chi connectivity index (χ0) is 24.6. The van der Waals surface area contributed by atoms with Gasteiger partial charge in [0.05, 0.1) is 11.3 Å². The van der Waals surface area contributed by atoms with E-state index in [2.05, 4.69) is 23.9 Å². The van der Waals surface area contributed by atoms with Gasteiger partial charge in [0.25, 0.3) is 0 Å². The molecule has 4 rings (SSSR count). The number of piperidine rings is 1. The molecule has 2 aliphatic rings. The van der Waals surface area contributed by atoms with E-state index in [-0.39, 0.29) is 17.4 Å². The molecule has 1 aliphatic heterocycles. The van der Waals surface area contributed by atoms with E-state index in [1.54, 1.807) is 17.9 Å². The highest BCUT2D eigenvalue weighted by atomic mass is 16.4. The van der Waals surface area contributed by atoms with Crippen LogP contribution in [0, 0.1) is 19.8 Å². The summed E-state index contributed by atoms with van der Waals surface area (Å²) in [5, 5.41) is 9.91. The number of carboxylic acid groups (broad SMARTS) is 1. The maximum Gasteiger partial charge on any atom is 0.336 e. The van der Waals surface area contributed by atoms with Gasteiger partial charge in [-0.15, -0.1) is 0 Å². The van der Waals surface area contributed by atoms with Crippen LogP contribution in [0.3, 0.4) is 0 Å². The molecular weight excluding hydrogens is 428 g/mol. The van der Waals surface area contributed by atoms with Crippen LogP contribution in [-0.2, 0) is 4.79 Å². The Hall–Kier alpha value is -2.93. The first-order valence-electron chi connectivity index (χ1n) is 12.3. The Kier molecular flexibility index (Phi) is 6.94. The Morgan fingerprint density at radius 3 is 2.26 bits per heavy atom. The number of aromatic carboxylic acids is 1. The second-order valence-corrected chi connectivity index (χ2v) is 9.82. The van der Waals surface area contributed by atoms with E-state index in [0.717, 1.165) is 67.0 Å². The van der Waals surface area contributed by atoms with Crippen molar-refractivity contribution in [3.63, 3.8) is 0 Å². The minimum absolute atomic E-state index is 0.0632. The molecule has 1 saturated heterocycles. The van der Waals surface area contributed by atoms with Crippen molar-refractivity contribution in [2.75, 3.05) is 43.5 Å². The number of amides is 1. The molecule has 0 atom stereocenters. The fourth-order valence-corrected chi connectivity index (χ4v) is 5.14. The number of aromatic nitrogens is 1. The third kappa shape index (κ3) is 4.67. The lowest BCUT2D eigenvalue weighted by atomic mass is 9.92. The second-order valence-electron chi connectivity index (χ2n) is 9.82. The average molecular weight is 465 g/mol. The number of nitrogens with zero attached hydrogens (tertiary/aromatic N) is 4. The second kappa shape index (κ2) is 9.74. The smallest absolute Gasteiger partial charge is 0.336 e. The van der Waals surface area contributed by atoms with Gasteiger partial charge in [-0.05, 0) is 95.4 Å². The van der Waals surface area contributed by atoms with Gasteiger partial charge in [0.2, 0.25) is 5.91 Å². The Bertz CT molecular complexity index is 1070. The third-order valence-electron chi connectivity index (χ3n) is 7.39. The van der Waals surface area contributed by atoms with E-state index in [9.17, 15) is 14.7 Å². The summed E-state index contributed by atoms with van der Waals surface area (Å²) in [6.07, 6.45) is 5.88. The number of carbonyl (C=O) groups excluding carboxylic acids is 1. The predicted octanol–water partition coefficient (Wildman–Crippen LogP) is 4.36. The zero-order valence-corrected chi connectivity index (χ0v) is 21.0. The van der Waals surface area contributed by atoms with Crippen LogP contribution in [0.4, 0.5) is 11.5 Å². The van der Waals surface area contributed by atoms with E-state index in [4.69, 9.17) is 4.98 Å². The molecule has 2 fully saturated rings. The maximum absolute atomic E-state index is 13.0. The Labute approximate surface area is 202 Å². The van der Waals surface area contributed by atoms with Crippen molar-refractivity contribution in [2.45, 2.75) is 52.5 Å². The van der Waals surface area contributed by atoms with Crippen LogP contribution in [0.1, 0.15) is 54.1 Å².